The van der Waals surface area contributed by atoms with Crippen LogP contribution in [0.15, 0.2) is 79.1 Å². The van der Waals surface area contributed by atoms with Gasteiger partial charge in [0.15, 0.2) is 0 Å². The first-order chi connectivity index (χ1) is 12.8. The van der Waals surface area contributed by atoms with E-state index < -0.39 is 0 Å². The fourth-order valence-corrected chi connectivity index (χ4v) is 3.52. The van der Waals surface area contributed by atoms with Crippen molar-refractivity contribution in [3.8, 4) is 11.1 Å². The third kappa shape index (κ3) is 4.90. The van der Waals surface area contributed by atoms with Crippen LogP contribution in [-0.4, -0.2) is 24.0 Å². The molecule has 1 aliphatic heterocycles. The van der Waals surface area contributed by atoms with Gasteiger partial charge in [0.05, 0.1) is 5.92 Å². The maximum atomic E-state index is 12.8. The number of carbonyl (C=O) groups excluding carboxylic acids is 1. The predicted octanol–water partition coefficient (Wildman–Crippen LogP) is 4.53. The number of rotatable bonds is 4. The summed E-state index contributed by atoms with van der Waals surface area (Å²) >= 11 is 0. The highest BCUT2D eigenvalue weighted by molar-refractivity contribution is 5.94. The van der Waals surface area contributed by atoms with Crippen molar-refractivity contribution in [1.29, 1.82) is 0 Å². The lowest BCUT2D eigenvalue weighted by molar-refractivity contribution is -0.119. The van der Waals surface area contributed by atoms with Crippen LogP contribution < -0.4 is 10.6 Å². The van der Waals surface area contributed by atoms with Crippen LogP contribution in [-0.2, 0) is 4.79 Å². The van der Waals surface area contributed by atoms with Gasteiger partial charge in [0, 0.05) is 37.1 Å². The van der Waals surface area contributed by atoms with Crippen LogP contribution in [0.25, 0.3) is 11.1 Å². The lowest BCUT2D eigenvalue weighted by Crippen LogP contribution is -2.28. The van der Waals surface area contributed by atoms with Gasteiger partial charge >= 0.3 is 0 Å². The van der Waals surface area contributed by atoms with Crippen LogP contribution in [0.5, 0.6) is 0 Å². The van der Waals surface area contributed by atoms with Gasteiger partial charge in [0.2, 0.25) is 5.91 Å². The number of nitrogens with zero attached hydrogens (tertiary/aromatic N) is 1. The van der Waals surface area contributed by atoms with E-state index in [1.165, 1.54) is 5.56 Å². The molecule has 0 saturated carbocycles. The first kappa shape index (κ1) is 21.9. The molecule has 146 valence electrons. The van der Waals surface area contributed by atoms with E-state index in [9.17, 15) is 4.79 Å². The second-order valence-electron chi connectivity index (χ2n) is 6.59. The lowest BCUT2D eigenvalue weighted by Gasteiger charge is -2.18. The highest BCUT2D eigenvalue weighted by Gasteiger charge is 2.33. The number of pyridine rings is 1. The monoisotopic (exact) mass is 415 g/mol. The van der Waals surface area contributed by atoms with E-state index in [0.717, 1.165) is 23.4 Å². The summed E-state index contributed by atoms with van der Waals surface area (Å²) in [4.78, 5) is 16.9. The van der Waals surface area contributed by atoms with Crippen molar-refractivity contribution >= 4 is 36.4 Å². The zero-order valence-corrected chi connectivity index (χ0v) is 16.9. The molecule has 1 fully saturated rings. The molecule has 2 aromatic carbocycles. The molecule has 1 saturated heterocycles. The SMILES string of the molecule is Cl.Cl.O=C(Nc1ccc(-c2cccnc2)cc1)[C@H]1CNC[C@@H]1c1ccccc1. The Bertz CT molecular complexity index is 873. The topological polar surface area (TPSA) is 54.0 Å². The maximum Gasteiger partial charge on any atom is 0.229 e. The van der Waals surface area contributed by atoms with Gasteiger partial charge in [-0.05, 0) is 34.9 Å². The second kappa shape index (κ2) is 10.2. The molecule has 2 N–H and O–H groups in total. The fraction of sp³-hybridized carbons (Fsp3) is 0.182. The predicted molar refractivity (Wildman–Crippen MR) is 118 cm³/mol. The third-order valence-electron chi connectivity index (χ3n) is 4.93. The molecule has 0 spiro atoms. The minimum absolute atomic E-state index is 0. The van der Waals surface area contributed by atoms with Crippen LogP contribution >= 0.6 is 24.8 Å². The summed E-state index contributed by atoms with van der Waals surface area (Å²) in [5, 5.41) is 6.42. The number of carbonyl (C=O) groups is 1. The Kier molecular flexibility index (Phi) is 8.00. The third-order valence-corrected chi connectivity index (χ3v) is 4.93. The maximum absolute atomic E-state index is 12.8. The quantitative estimate of drug-likeness (QED) is 0.657. The zero-order chi connectivity index (χ0) is 17.8. The average molecular weight is 416 g/mol. The molecule has 3 aromatic rings. The van der Waals surface area contributed by atoms with Gasteiger partial charge in [-0.1, -0.05) is 48.5 Å². The van der Waals surface area contributed by atoms with E-state index in [-0.39, 0.29) is 42.6 Å². The summed E-state index contributed by atoms with van der Waals surface area (Å²) in [6.45, 7) is 1.54. The van der Waals surface area contributed by atoms with Crippen molar-refractivity contribution in [3.05, 3.63) is 84.7 Å². The molecular weight excluding hydrogens is 393 g/mol. The molecule has 0 radical (unpaired) electrons. The fourth-order valence-electron chi connectivity index (χ4n) is 3.52. The Morgan fingerprint density at radius 3 is 2.32 bits per heavy atom. The Hall–Kier alpha value is -2.40. The van der Waals surface area contributed by atoms with Crippen molar-refractivity contribution in [2.24, 2.45) is 5.92 Å². The van der Waals surface area contributed by atoms with Crippen molar-refractivity contribution < 1.29 is 4.79 Å². The molecule has 6 heteroatoms. The molecule has 4 rings (SSSR count). The van der Waals surface area contributed by atoms with E-state index in [1.54, 1.807) is 6.20 Å². The Labute approximate surface area is 177 Å². The summed E-state index contributed by atoms with van der Waals surface area (Å²) in [7, 11) is 0. The van der Waals surface area contributed by atoms with Gasteiger partial charge in [0.1, 0.15) is 0 Å². The summed E-state index contributed by atoms with van der Waals surface area (Å²) in [6, 6.07) is 22.1. The molecule has 1 aromatic heterocycles. The van der Waals surface area contributed by atoms with Crippen LogP contribution in [0.2, 0.25) is 0 Å². The Balaban J connectivity index is 0.00000140. The summed E-state index contributed by atoms with van der Waals surface area (Å²) in [5.41, 5.74) is 4.18. The van der Waals surface area contributed by atoms with E-state index in [4.69, 9.17) is 0 Å². The molecule has 0 unspecified atom stereocenters. The number of nitrogens with one attached hydrogen (secondary N) is 2. The van der Waals surface area contributed by atoms with E-state index in [2.05, 4.69) is 27.8 Å². The highest BCUT2D eigenvalue weighted by Crippen LogP contribution is 2.29. The zero-order valence-electron chi connectivity index (χ0n) is 15.2. The number of benzene rings is 2. The van der Waals surface area contributed by atoms with Gasteiger partial charge in [-0.25, -0.2) is 0 Å². The smallest absolute Gasteiger partial charge is 0.229 e. The summed E-state index contributed by atoms with van der Waals surface area (Å²) in [6.07, 6.45) is 3.60. The molecule has 1 aliphatic rings. The van der Waals surface area contributed by atoms with Crippen LogP contribution in [0, 0.1) is 5.92 Å². The highest BCUT2D eigenvalue weighted by atomic mass is 35.5. The molecule has 2 atom stereocenters. The number of amides is 1. The minimum atomic E-state index is -0.0598. The molecule has 4 nitrogen and oxygen atoms in total. The van der Waals surface area contributed by atoms with Crippen molar-refractivity contribution in [3.63, 3.8) is 0 Å². The Morgan fingerprint density at radius 1 is 0.893 bits per heavy atom. The average Bonchev–Trinajstić information content (AvgIpc) is 3.20. The standard InChI is InChI=1S/C22H21N3O.2ClH/c26-22(21-15-24-14-20(21)17-5-2-1-3-6-17)25-19-10-8-16(9-11-19)18-7-4-12-23-13-18;;/h1-13,20-21,24H,14-15H2,(H,25,26);2*1H/t20-,21+;;/m1../s1. The minimum Gasteiger partial charge on any atom is -0.326 e. The molecule has 1 amide bonds. The number of hydrogen-bond donors (Lipinski definition) is 2. The van der Waals surface area contributed by atoms with Gasteiger partial charge in [0.25, 0.3) is 0 Å². The second-order valence-corrected chi connectivity index (χ2v) is 6.59. The summed E-state index contributed by atoms with van der Waals surface area (Å²) < 4.78 is 0. The van der Waals surface area contributed by atoms with Crippen molar-refractivity contribution in [1.82, 2.24) is 10.3 Å². The largest absolute Gasteiger partial charge is 0.326 e. The van der Waals surface area contributed by atoms with Gasteiger partial charge < -0.3 is 10.6 Å². The number of halogens is 2. The van der Waals surface area contributed by atoms with Crippen LogP contribution in [0.3, 0.4) is 0 Å². The number of aromatic nitrogens is 1. The normalized spacial score (nSPS) is 17.9. The van der Waals surface area contributed by atoms with E-state index >= 15 is 0 Å². The first-order valence-electron chi connectivity index (χ1n) is 8.88. The first-order valence-corrected chi connectivity index (χ1v) is 8.88. The number of anilines is 1. The van der Waals surface area contributed by atoms with Gasteiger partial charge in [-0.2, -0.15) is 0 Å². The molecule has 28 heavy (non-hydrogen) atoms. The number of hydrogen-bond acceptors (Lipinski definition) is 3. The molecule has 0 aliphatic carbocycles. The van der Waals surface area contributed by atoms with Crippen LogP contribution in [0.4, 0.5) is 5.69 Å². The van der Waals surface area contributed by atoms with E-state index in [0.29, 0.717) is 6.54 Å². The van der Waals surface area contributed by atoms with E-state index in [1.807, 2.05) is 60.8 Å². The van der Waals surface area contributed by atoms with Crippen molar-refractivity contribution in [2.45, 2.75) is 5.92 Å². The lowest BCUT2D eigenvalue weighted by atomic mass is 9.88. The van der Waals surface area contributed by atoms with Gasteiger partial charge in [-0.15, -0.1) is 24.8 Å². The molecule has 2 heterocycles. The Morgan fingerprint density at radius 2 is 1.64 bits per heavy atom. The summed E-state index contributed by atoms with van der Waals surface area (Å²) in [5.74, 6) is 0.222. The van der Waals surface area contributed by atoms with Gasteiger partial charge in [-0.3, -0.25) is 9.78 Å². The van der Waals surface area contributed by atoms with Crippen molar-refractivity contribution in [2.75, 3.05) is 18.4 Å². The van der Waals surface area contributed by atoms with Crippen LogP contribution in [0.1, 0.15) is 11.5 Å². The molecule has 0 bridgehead atoms. The molecular formula is C22H23Cl2N3O.